The smallest absolute Gasteiger partial charge is 0.317 e. The summed E-state index contributed by atoms with van der Waals surface area (Å²) in [7, 11) is 0. The normalized spacial score (nSPS) is 9.32. The van der Waals surface area contributed by atoms with Gasteiger partial charge in [-0.2, -0.15) is 0 Å². The Labute approximate surface area is 128 Å². The Bertz CT molecular complexity index is 615. The summed E-state index contributed by atoms with van der Waals surface area (Å²) in [6, 6.07) is 16.8. The predicted molar refractivity (Wildman–Crippen MR) is 85.2 cm³/mol. The molecule has 0 unspecified atom stereocenters. The van der Waals surface area contributed by atoms with Crippen LogP contribution in [0.1, 0.15) is 15.9 Å². The second kappa shape index (κ2) is 9.15. The van der Waals surface area contributed by atoms with Crippen molar-refractivity contribution in [3.05, 3.63) is 65.7 Å². The van der Waals surface area contributed by atoms with E-state index in [-0.39, 0.29) is 12.5 Å². The summed E-state index contributed by atoms with van der Waals surface area (Å²) >= 11 is 0. The van der Waals surface area contributed by atoms with Crippen molar-refractivity contribution in [3.63, 3.8) is 0 Å². The minimum absolute atomic E-state index is 0.146. The number of hydrogen-bond donors (Lipinski definition) is 4. The van der Waals surface area contributed by atoms with Crippen LogP contribution in [0.2, 0.25) is 0 Å². The van der Waals surface area contributed by atoms with Gasteiger partial charge in [0.15, 0.2) is 0 Å². The maximum absolute atomic E-state index is 11.8. The summed E-state index contributed by atoms with van der Waals surface area (Å²) in [5.41, 5.74) is 12.4. The first-order valence-electron chi connectivity index (χ1n) is 6.63. The minimum Gasteiger partial charge on any atom is -0.480 e. The average molecular weight is 301 g/mol. The number of benzene rings is 2. The molecule has 1 amide bonds. The van der Waals surface area contributed by atoms with Gasteiger partial charge in [-0.3, -0.25) is 9.59 Å². The fraction of sp³-hybridized carbons (Fsp3) is 0.125. The van der Waals surface area contributed by atoms with E-state index >= 15 is 0 Å². The predicted octanol–water partition coefficient (Wildman–Crippen LogP) is 1.23. The molecule has 2 rings (SSSR count). The molecule has 0 atom stereocenters. The molecule has 6 nitrogen and oxygen atoms in total. The van der Waals surface area contributed by atoms with Gasteiger partial charge >= 0.3 is 5.97 Å². The van der Waals surface area contributed by atoms with E-state index in [2.05, 4.69) is 11.1 Å². The lowest BCUT2D eigenvalue weighted by Crippen LogP contribution is -2.23. The number of carboxylic acids is 1. The van der Waals surface area contributed by atoms with E-state index in [1.165, 1.54) is 0 Å². The Morgan fingerprint density at radius 3 is 2.09 bits per heavy atom. The van der Waals surface area contributed by atoms with Crippen molar-refractivity contribution in [3.8, 4) is 0 Å². The molecular formula is C16H19N3O3. The molecule has 6 N–H and O–H groups in total. The molecule has 0 radical (unpaired) electrons. The molecule has 0 fully saturated rings. The molecule has 0 bridgehead atoms. The van der Waals surface area contributed by atoms with Gasteiger partial charge in [-0.1, -0.05) is 42.5 Å². The van der Waals surface area contributed by atoms with Crippen LogP contribution in [0, 0.1) is 0 Å². The van der Waals surface area contributed by atoms with Gasteiger partial charge in [-0.05, 0) is 17.7 Å². The Morgan fingerprint density at radius 2 is 1.55 bits per heavy atom. The summed E-state index contributed by atoms with van der Waals surface area (Å²) in [5, 5.41) is 10.4. The van der Waals surface area contributed by atoms with E-state index in [4.69, 9.17) is 10.8 Å². The third-order valence-corrected chi connectivity index (χ3v) is 2.68. The number of carbonyl (C=O) groups excluding carboxylic acids is 1. The van der Waals surface area contributed by atoms with Gasteiger partial charge in [-0.15, -0.1) is 0 Å². The highest BCUT2D eigenvalue weighted by Gasteiger charge is 2.07. The van der Waals surface area contributed by atoms with Gasteiger partial charge in [0, 0.05) is 12.2 Å². The highest BCUT2D eigenvalue weighted by Crippen LogP contribution is 2.10. The van der Waals surface area contributed by atoms with Crippen molar-refractivity contribution in [1.82, 2.24) is 5.32 Å². The number of amides is 1. The van der Waals surface area contributed by atoms with E-state index < -0.39 is 5.97 Å². The third kappa shape index (κ3) is 6.06. The van der Waals surface area contributed by atoms with E-state index in [1.807, 2.05) is 36.4 Å². The maximum atomic E-state index is 11.8. The summed E-state index contributed by atoms with van der Waals surface area (Å²) < 4.78 is 0. The standard InChI is InChI=1S/C14H14N2O.C2H5NO2/c15-13-9-5-4-8-12(13)14(17)16-10-11-6-2-1-3-7-11;3-1-2(4)5/h1-9H,10,15H2,(H,16,17);1,3H2,(H,4,5). The number of nitrogens with one attached hydrogen (secondary N) is 1. The third-order valence-electron chi connectivity index (χ3n) is 2.68. The van der Waals surface area contributed by atoms with Crippen LogP contribution < -0.4 is 16.8 Å². The number of hydrogen-bond acceptors (Lipinski definition) is 4. The molecule has 2 aromatic carbocycles. The van der Waals surface area contributed by atoms with Crippen LogP contribution in [0.4, 0.5) is 5.69 Å². The van der Waals surface area contributed by atoms with Crippen molar-refractivity contribution < 1.29 is 14.7 Å². The Kier molecular flexibility index (Phi) is 7.15. The van der Waals surface area contributed by atoms with Gasteiger partial charge in [0.25, 0.3) is 5.91 Å². The van der Waals surface area contributed by atoms with Gasteiger partial charge in [-0.25, -0.2) is 0 Å². The van der Waals surface area contributed by atoms with Crippen molar-refractivity contribution in [2.45, 2.75) is 6.54 Å². The zero-order valence-corrected chi connectivity index (χ0v) is 12.0. The van der Waals surface area contributed by atoms with Crippen LogP contribution in [0.15, 0.2) is 54.6 Å². The molecule has 0 aromatic heterocycles. The summed E-state index contributed by atoms with van der Waals surface area (Å²) in [6.45, 7) is 0.230. The van der Waals surface area contributed by atoms with Crippen LogP contribution in [0.5, 0.6) is 0 Å². The molecule has 116 valence electrons. The molecular weight excluding hydrogens is 282 g/mol. The zero-order valence-electron chi connectivity index (χ0n) is 12.0. The fourth-order valence-corrected chi connectivity index (χ4v) is 1.58. The minimum atomic E-state index is -0.968. The molecule has 0 heterocycles. The van der Waals surface area contributed by atoms with Crippen LogP contribution in [0.25, 0.3) is 0 Å². The number of carboxylic acid groups (broad SMARTS) is 1. The SMILES string of the molecule is NCC(=O)O.Nc1ccccc1C(=O)NCc1ccccc1. The lowest BCUT2D eigenvalue weighted by Gasteiger charge is -2.07. The summed E-state index contributed by atoms with van der Waals surface area (Å²) in [4.78, 5) is 21.1. The second-order valence-corrected chi connectivity index (χ2v) is 4.35. The Balaban J connectivity index is 0.000000422. The number of nitrogen functional groups attached to an aromatic ring is 1. The highest BCUT2D eigenvalue weighted by atomic mass is 16.4. The summed E-state index contributed by atoms with van der Waals surface area (Å²) in [6.07, 6.45) is 0. The largest absolute Gasteiger partial charge is 0.480 e. The first kappa shape index (κ1) is 17.2. The molecule has 0 saturated heterocycles. The topological polar surface area (TPSA) is 118 Å². The van der Waals surface area contributed by atoms with Crippen molar-refractivity contribution in [1.29, 1.82) is 0 Å². The van der Waals surface area contributed by atoms with Gasteiger partial charge < -0.3 is 21.9 Å². The first-order chi connectivity index (χ1) is 10.5. The molecule has 0 spiro atoms. The number of rotatable bonds is 4. The molecule has 0 aliphatic rings. The van der Waals surface area contributed by atoms with Crippen LogP contribution in [-0.2, 0) is 11.3 Å². The fourth-order valence-electron chi connectivity index (χ4n) is 1.58. The number of anilines is 1. The average Bonchev–Trinajstić information content (AvgIpc) is 2.54. The molecule has 0 saturated carbocycles. The van der Waals surface area contributed by atoms with Crippen LogP contribution in [-0.4, -0.2) is 23.5 Å². The van der Waals surface area contributed by atoms with E-state index in [1.54, 1.807) is 18.2 Å². The van der Waals surface area contributed by atoms with E-state index in [0.717, 1.165) is 5.56 Å². The second-order valence-electron chi connectivity index (χ2n) is 4.35. The highest BCUT2D eigenvalue weighted by molar-refractivity contribution is 5.98. The number of nitrogens with two attached hydrogens (primary N) is 2. The van der Waals surface area contributed by atoms with Crippen LogP contribution in [0.3, 0.4) is 0 Å². The first-order valence-corrected chi connectivity index (χ1v) is 6.63. The number of carbonyl (C=O) groups is 2. The van der Waals surface area contributed by atoms with Gasteiger partial charge in [0.2, 0.25) is 0 Å². The lowest BCUT2D eigenvalue weighted by atomic mass is 10.1. The lowest BCUT2D eigenvalue weighted by molar-refractivity contribution is -0.135. The number of aliphatic carboxylic acids is 1. The molecule has 2 aromatic rings. The van der Waals surface area contributed by atoms with E-state index in [9.17, 15) is 9.59 Å². The van der Waals surface area contributed by atoms with Gasteiger partial charge in [0.1, 0.15) is 0 Å². The molecule has 0 aliphatic carbocycles. The summed E-state index contributed by atoms with van der Waals surface area (Å²) in [5.74, 6) is -1.11. The van der Waals surface area contributed by atoms with Crippen molar-refractivity contribution >= 4 is 17.6 Å². The monoisotopic (exact) mass is 301 g/mol. The van der Waals surface area contributed by atoms with Gasteiger partial charge in [0.05, 0.1) is 12.1 Å². The van der Waals surface area contributed by atoms with Crippen LogP contribution >= 0.6 is 0 Å². The van der Waals surface area contributed by atoms with Crippen molar-refractivity contribution in [2.75, 3.05) is 12.3 Å². The van der Waals surface area contributed by atoms with E-state index in [0.29, 0.717) is 17.8 Å². The zero-order chi connectivity index (χ0) is 16.4. The number of para-hydroxylation sites is 1. The molecule has 22 heavy (non-hydrogen) atoms. The Hall–Kier alpha value is -2.86. The maximum Gasteiger partial charge on any atom is 0.317 e. The van der Waals surface area contributed by atoms with Crippen molar-refractivity contribution in [2.24, 2.45) is 5.73 Å². The Morgan fingerprint density at radius 1 is 1.00 bits per heavy atom. The quantitative estimate of drug-likeness (QED) is 0.633. The molecule has 6 heteroatoms. The molecule has 0 aliphatic heterocycles.